The van der Waals surface area contributed by atoms with Gasteiger partial charge in [0.1, 0.15) is 0 Å². The van der Waals surface area contributed by atoms with Crippen molar-refractivity contribution in [1.82, 2.24) is 4.57 Å². The summed E-state index contributed by atoms with van der Waals surface area (Å²) in [4.78, 5) is 16.9. The van der Waals surface area contributed by atoms with Gasteiger partial charge in [-0.2, -0.15) is 16.8 Å². The Balaban J connectivity index is 0.000000342. The first-order valence-electron chi connectivity index (χ1n) is 11.9. The molecule has 4 rings (SSSR count). The van der Waals surface area contributed by atoms with Crippen molar-refractivity contribution in [3.8, 4) is 11.5 Å². The van der Waals surface area contributed by atoms with Crippen LogP contribution in [0.15, 0.2) is 40.2 Å². The van der Waals surface area contributed by atoms with E-state index in [2.05, 4.69) is 0 Å². The molecule has 0 amide bonds. The topological polar surface area (TPSA) is 182 Å². The van der Waals surface area contributed by atoms with Crippen LogP contribution < -0.4 is 15.0 Å². The van der Waals surface area contributed by atoms with Crippen LogP contribution >= 0.6 is 0 Å². The fourth-order valence-corrected chi connectivity index (χ4v) is 6.23. The van der Waals surface area contributed by atoms with Gasteiger partial charge in [0.15, 0.2) is 11.5 Å². The summed E-state index contributed by atoms with van der Waals surface area (Å²) in [6, 6.07) is 7.53. The highest BCUT2D eigenvalue weighted by Gasteiger charge is 2.37. The fourth-order valence-electron chi connectivity index (χ4n) is 4.55. The number of pyridine rings is 1. The summed E-state index contributed by atoms with van der Waals surface area (Å²) >= 11 is 0. The van der Waals surface area contributed by atoms with Gasteiger partial charge in [0.05, 0.1) is 43.1 Å². The van der Waals surface area contributed by atoms with Crippen molar-refractivity contribution >= 4 is 25.9 Å². The monoisotopic (exact) mass is 572 g/mol. The lowest BCUT2D eigenvalue weighted by molar-refractivity contribution is 0.111. The number of fused-ring (bicyclic) bond motifs is 3. The molecule has 0 saturated heterocycles. The van der Waals surface area contributed by atoms with E-state index < -0.39 is 31.7 Å². The Hall–Kier alpha value is -2.78. The molecule has 0 unspecified atom stereocenters. The number of hydrogen-bond donors (Lipinski definition) is 3. The second-order valence-corrected chi connectivity index (χ2v) is 12.2. The van der Waals surface area contributed by atoms with Gasteiger partial charge in [-0.25, -0.2) is 0 Å². The number of aliphatic hydroxyl groups is 1. The van der Waals surface area contributed by atoms with E-state index in [1.807, 2.05) is 31.3 Å². The SMILES string of the molecule is CCOc1cc2c(cc1OC)C(c1ccc(=O)n(C)c1)=N[C@@H]1CC[C@@H](O)C[C@H]21.O=S(=O)(O)CCS(=O)(=O)O. The van der Waals surface area contributed by atoms with E-state index in [1.54, 1.807) is 24.8 Å². The maximum Gasteiger partial charge on any atom is 0.265 e. The van der Waals surface area contributed by atoms with E-state index in [4.69, 9.17) is 23.6 Å². The zero-order chi connectivity index (χ0) is 28.3. The molecule has 1 aromatic carbocycles. The van der Waals surface area contributed by atoms with Crippen LogP contribution in [0, 0.1) is 0 Å². The number of hydrogen-bond acceptors (Lipinski definition) is 9. The number of rotatable bonds is 7. The second-order valence-electron chi connectivity index (χ2n) is 9.08. The van der Waals surface area contributed by atoms with Crippen molar-refractivity contribution in [1.29, 1.82) is 0 Å². The molecule has 1 fully saturated rings. The van der Waals surface area contributed by atoms with Crippen molar-refractivity contribution in [2.24, 2.45) is 12.0 Å². The van der Waals surface area contributed by atoms with Gasteiger partial charge in [0, 0.05) is 36.4 Å². The van der Waals surface area contributed by atoms with Crippen LogP contribution in [-0.2, 0) is 27.3 Å². The summed E-state index contributed by atoms with van der Waals surface area (Å²) in [5, 5.41) is 10.3. The van der Waals surface area contributed by atoms with Gasteiger partial charge in [-0.15, -0.1) is 0 Å². The van der Waals surface area contributed by atoms with Crippen LogP contribution in [0.5, 0.6) is 11.5 Å². The highest BCUT2D eigenvalue weighted by molar-refractivity contribution is 7.89. The standard InChI is InChI=1S/C22H26N2O4.C2H6O6S2/c1-4-28-20-10-15-16-9-14(25)6-7-18(16)23-22(17(15)11-19(20)27-3)13-5-8-21(26)24(2)12-13;3-9(4,5)1-2-10(6,7)8/h5,8,10-12,14,16,18,25H,4,6-7,9H2,1-3H3;1-2H2,(H,3,4,5)(H,6,7,8)/t14-,16-,18-;/m1./s1. The third kappa shape index (κ3) is 7.63. The molecule has 0 spiro atoms. The van der Waals surface area contributed by atoms with Crippen molar-refractivity contribution in [3.63, 3.8) is 0 Å². The van der Waals surface area contributed by atoms with Crippen molar-refractivity contribution in [3.05, 3.63) is 57.5 Å². The number of benzene rings is 1. The Morgan fingerprint density at radius 2 is 1.71 bits per heavy atom. The lowest BCUT2D eigenvalue weighted by Crippen LogP contribution is -2.34. The van der Waals surface area contributed by atoms with Gasteiger partial charge in [0.25, 0.3) is 20.2 Å². The summed E-state index contributed by atoms with van der Waals surface area (Å²) in [6.45, 7) is 2.50. The molecule has 3 N–H and O–H groups in total. The van der Waals surface area contributed by atoms with Crippen LogP contribution in [0.4, 0.5) is 0 Å². The van der Waals surface area contributed by atoms with Gasteiger partial charge in [-0.1, -0.05) is 0 Å². The largest absolute Gasteiger partial charge is 0.493 e. The zero-order valence-corrected chi connectivity index (χ0v) is 22.9. The first-order chi connectivity index (χ1) is 17.7. The van der Waals surface area contributed by atoms with Gasteiger partial charge in [0.2, 0.25) is 5.56 Å². The molecule has 1 aliphatic heterocycles. The normalized spacial score (nSPS) is 20.8. The molecule has 210 valence electrons. The molecule has 38 heavy (non-hydrogen) atoms. The number of aromatic nitrogens is 1. The third-order valence-corrected chi connectivity index (χ3v) is 8.03. The number of nitrogens with zero attached hydrogens (tertiary/aromatic N) is 2. The molecular weight excluding hydrogens is 540 g/mol. The Bertz CT molecular complexity index is 1430. The predicted octanol–water partition coefficient (Wildman–Crippen LogP) is 1.40. The predicted molar refractivity (Wildman–Crippen MR) is 141 cm³/mol. The summed E-state index contributed by atoms with van der Waals surface area (Å²) in [7, 11) is -5.22. The molecule has 0 bridgehead atoms. The van der Waals surface area contributed by atoms with Crippen LogP contribution in [-0.4, -0.2) is 78.7 Å². The molecule has 3 atom stereocenters. The Labute approximate surface area is 221 Å². The van der Waals surface area contributed by atoms with Crippen LogP contribution in [0.1, 0.15) is 48.8 Å². The first kappa shape index (κ1) is 29.8. The van der Waals surface area contributed by atoms with E-state index in [9.17, 15) is 26.7 Å². The molecular formula is C24H32N2O10S2. The minimum absolute atomic E-state index is 0.0525. The summed E-state index contributed by atoms with van der Waals surface area (Å²) in [5.41, 5.74) is 3.83. The third-order valence-electron chi connectivity index (χ3n) is 6.33. The van der Waals surface area contributed by atoms with E-state index in [-0.39, 0.29) is 23.6 Å². The second kappa shape index (κ2) is 11.9. The molecule has 14 heteroatoms. The number of methoxy groups -OCH3 is 1. The Kier molecular flexibility index (Phi) is 9.36. The Morgan fingerprint density at radius 1 is 1.05 bits per heavy atom. The minimum atomic E-state index is -4.30. The van der Waals surface area contributed by atoms with Gasteiger partial charge in [-0.3, -0.25) is 18.9 Å². The van der Waals surface area contributed by atoms with Crippen LogP contribution in [0.2, 0.25) is 0 Å². The van der Waals surface area contributed by atoms with E-state index in [0.29, 0.717) is 24.5 Å². The molecule has 1 aliphatic carbocycles. The number of aryl methyl sites for hydroxylation is 1. The lowest BCUT2D eigenvalue weighted by Gasteiger charge is -2.37. The molecule has 2 heterocycles. The molecule has 2 aliphatic rings. The minimum Gasteiger partial charge on any atom is -0.493 e. The molecule has 12 nitrogen and oxygen atoms in total. The summed E-state index contributed by atoms with van der Waals surface area (Å²) in [5.74, 6) is -0.435. The average Bonchev–Trinajstić information content (AvgIpc) is 2.83. The van der Waals surface area contributed by atoms with Crippen molar-refractivity contribution < 1.29 is 40.5 Å². The number of aliphatic hydroxyl groups excluding tert-OH is 1. The molecule has 0 radical (unpaired) electrons. The Morgan fingerprint density at radius 3 is 2.26 bits per heavy atom. The maximum absolute atomic E-state index is 11.8. The number of aliphatic imine (C=N–C) groups is 1. The van der Waals surface area contributed by atoms with E-state index in [0.717, 1.165) is 35.2 Å². The first-order valence-corrected chi connectivity index (χ1v) is 15.1. The quantitative estimate of drug-likeness (QED) is 0.410. The van der Waals surface area contributed by atoms with E-state index in [1.165, 1.54) is 0 Å². The molecule has 2 aromatic rings. The molecule has 1 saturated carbocycles. The van der Waals surface area contributed by atoms with Gasteiger partial charge < -0.3 is 19.1 Å². The lowest BCUT2D eigenvalue weighted by atomic mass is 9.74. The highest BCUT2D eigenvalue weighted by atomic mass is 32.2. The summed E-state index contributed by atoms with van der Waals surface area (Å²) in [6.07, 6.45) is 3.82. The summed E-state index contributed by atoms with van der Waals surface area (Å²) < 4.78 is 68.3. The van der Waals surface area contributed by atoms with Crippen molar-refractivity contribution in [2.75, 3.05) is 25.2 Å². The van der Waals surface area contributed by atoms with Crippen molar-refractivity contribution in [2.45, 2.75) is 44.2 Å². The zero-order valence-electron chi connectivity index (χ0n) is 21.3. The highest BCUT2D eigenvalue weighted by Crippen LogP contribution is 2.44. The van der Waals surface area contributed by atoms with Crippen LogP contribution in [0.3, 0.4) is 0 Å². The number of ether oxygens (including phenoxy) is 2. The fraction of sp³-hybridized carbons (Fsp3) is 0.500. The maximum atomic E-state index is 11.8. The van der Waals surface area contributed by atoms with Crippen LogP contribution in [0.25, 0.3) is 0 Å². The van der Waals surface area contributed by atoms with Gasteiger partial charge in [-0.05, 0) is 49.9 Å². The van der Waals surface area contributed by atoms with E-state index >= 15 is 0 Å². The molecule has 1 aromatic heterocycles. The average molecular weight is 573 g/mol. The smallest absolute Gasteiger partial charge is 0.265 e. The van der Waals surface area contributed by atoms with Gasteiger partial charge >= 0.3 is 0 Å².